The summed E-state index contributed by atoms with van der Waals surface area (Å²) >= 11 is 3.58. The number of rotatable bonds is 6. The summed E-state index contributed by atoms with van der Waals surface area (Å²) < 4.78 is 12.2. The van der Waals surface area contributed by atoms with Crippen LogP contribution >= 0.6 is 15.9 Å². The van der Waals surface area contributed by atoms with E-state index in [0.717, 1.165) is 54.2 Å². The van der Waals surface area contributed by atoms with E-state index in [0.29, 0.717) is 0 Å². The predicted octanol–water partition coefficient (Wildman–Crippen LogP) is 5.21. The lowest BCUT2D eigenvalue weighted by Gasteiger charge is -2.28. The first-order valence-corrected chi connectivity index (χ1v) is 9.88. The largest absolute Gasteiger partial charge is 0.490 e. The zero-order valence-corrected chi connectivity index (χ0v) is 16.9. The smallest absolute Gasteiger partial charge is 0.133 e. The van der Waals surface area contributed by atoms with Gasteiger partial charge in [-0.2, -0.15) is 0 Å². The predicted molar refractivity (Wildman–Crippen MR) is 111 cm³/mol. The minimum atomic E-state index is 0.204. The normalized spacial score (nSPS) is 16.0. The molecular formula is C21H25BrN2O2. The van der Waals surface area contributed by atoms with E-state index in [4.69, 9.17) is 9.47 Å². The molecule has 26 heavy (non-hydrogen) atoms. The molecule has 0 amide bonds. The lowest BCUT2D eigenvalue weighted by molar-refractivity contribution is 0.122. The average Bonchev–Trinajstić information content (AvgIpc) is 2.69. The molecule has 0 unspecified atom stereocenters. The van der Waals surface area contributed by atoms with E-state index in [9.17, 15) is 0 Å². The Morgan fingerprint density at radius 2 is 1.92 bits per heavy atom. The monoisotopic (exact) mass is 416 g/mol. The molecule has 4 nitrogen and oxygen atoms in total. The summed E-state index contributed by atoms with van der Waals surface area (Å²) in [4.78, 5) is 6.92. The highest BCUT2D eigenvalue weighted by atomic mass is 79.9. The third kappa shape index (κ3) is 5.08. The van der Waals surface area contributed by atoms with Gasteiger partial charge in [0.25, 0.3) is 0 Å². The number of aliphatic imine (C=N–C) groups is 1. The molecule has 2 aromatic carbocycles. The maximum atomic E-state index is 5.88. The number of halogens is 1. The number of anilines is 1. The number of hydrogen-bond acceptors (Lipinski definition) is 4. The van der Waals surface area contributed by atoms with Crippen molar-refractivity contribution >= 4 is 33.5 Å². The molecule has 3 rings (SSSR count). The molecule has 0 N–H and O–H groups in total. The van der Waals surface area contributed by atoms with Crippen molar-refractivity contribution in [3.05, 3.63) is 52.5 Å². The zero-order chi connectivity index (χ0) is 18.4. The van der Waals surface area contributed by atoms with Crippen LogP contribution in [0.5, 0.6) is 5.75 Å². The van der Waals surface area contributed by atoms with Crippen LogP contribution in [0, 0.1) is 0 Å². The molecule has 1 saturated heterocycles. The fourth-order valence-corrected chi connectivity index (χ4v) is 3.20. The summed E-state index contributed by atoms with van der Waals surface area (Å²) in [7, 11) is 0. The lowest BCUT2D eigenvalue weighted by atomic mass is 10.2. The molecular weight excluding hydrogens is 392 g/mol. The Balaban J connectivity index is 1.64. The molecule has 0 radical (unpaired) electrons. The number of morpholine rings is 1. The second-order valence-electron chi connectivity index (χ2n) is 6.40. The summed E-state index contributed by atoms with van der Waals surface area (Å²) in [5, 5.41) is 0. The second-order valence-corrected chi connectivity index (χ2v) is 7.25. The summed E-state index contributed by atoms with van der Waals surface area (Å²) in [6.07, 6.45) is 3.06. The minimum absolute atomic E-state index is 0.204. The van der Waals surface area contributed by atoms with Gasteiger partial charge in [0.05, 0.1) is 29.5 Å². The van der Waals surface area contributed by atoms with Gasteiger partial charge < -0.3 is 14.4 Å². The average molecular weight is 417 g/mol. The summed E-state index contributed by atoms with van der Waals surface area (Å²) in [6, 6.07) is 14.4. The van der Waals surface area contributed by atoms with Gasteiger partial charge in [-0.25, -0.2) is 0 Å². The zero-order valence-electron chi connectivity index (χ0n) is 15.3. The molecule has 0 aliphatic carbocycles. The Labute approximate surface area is 164 Å². The van der Waals surface area contributed by atoms with Gasteiger partial charge in [-0.1, -0.05) is 6.92 Å². The van der Waals surface area contributed by atoms with Crippen molar-refractivity contribution in [2.75, 3.05) is 31.2 Å². The van der Waals surface area contributed by atoms with E-state index >= 15 is 0 Å². The van der Waals surface area contributed by atoms with Crippen LogP contribution in [0.15, 0.2) is 51.9 Å². The third-order valence-corrected chi connectivity index (χ3v) is 5.07. The highest BCUT2D eigenvalue weighted by molar-refractivity contribution is 9.10. The van der Waals surface area contributed by atoms with Crippen LogP contribution in [0.1, 0.15) is 25.8 Å². The van der Waals surface area contributed by atoms with E-state index in [1.807, 2.05) is 24.4 Å². The maximum absolute atomic E-state index is 5.88. The summed E-state index contributed by atoms with van der Waals surface area (Å²) in [5.74, 6) is 0.867. The van der Waals surface area contributed by atoms with Gasteiger partial charge in [-0.15, -0.1) is 0 Å². The lowest BCUT2D eigenvalue weighted by Crippen LogP contribution is -2.36. The van der Waals surface area contributed by atoms with Crippen molar-refractivity contribution in [1.82, 2.24) is 0 Å². The summed E-state index contributed by atoms with van der Waals surface area (Å²) in [6.45, 7) is 7.67. The van der Waals surface area contributed by atoms with Gasteiger partial charge in [0.2, 0.25) is 0 Å². The number of nitrogens with zero attached hydrogens (tertiary/aromatic N) is 2. The molecule has 5 heteroatoms. The first-order valence-electron chi connectivity index (χ1n) is 9.08. The molecule has 1 aliphatic heterocycles. The molecule has 0 aromatic heterocycles. The van der Waals surface area contributed by atoms with Crippen molar-refractivity contribution in [2.24, 2.45) is 4.99 Å². The Morgan fingerprint density at radius 1 is 1.19 bits per heavy atom. The fourth-order valence-electron chi connectivity index (χ4n) is 2.71. The van der Waals surface area contributed by atoms with Crippen LogP contribution in [-0.4, -0.2) is 38.6 Å². The summed E-state index contributed by atoms with van der Waals surface area (Å²) in [5.41, 5.74) is 3.20. The van der Waals surface area contributed by atoms with Crippen molar-refractivity contribution in [1.29, 1.82) is 0 Å². The minimum Gasteiger partial charge on any atom is -0.490 e. The van der Waals surface area contributed by atoms with Gasteiger partial charge in [0.15, 0.2) is 0 Å². The fraction of sp³-hybridized carbons (Fsp3) is 0.381. The van der Waals surface area contributed by atoms with E-state index < -0.39 is 0 Å². The van der Waals surface area contributed by atoms with Crippen molar-refractivity contribution < 1.29 is 9.47 Å². The number of hydrogen-bond donors (Lipinski definition) is 0. The van der Waals surface area contributed by atoms with Crippen molar-refractivity contribution in [2.45, 2.75) is 26.4 Å². The van der Waals surface area contributed by atoms with E-state index in [1.54, 1.807) is 0 Å². The van der Waals surface area contributed by atoms with Crippen LogP contribution in [0.25, 0.3) is 0 Å². The van der Waals surface area contributed by atoms with Gasteiger partial charge in [0, 0.05) is 25.0 Å². The third-order valence-electron chi connectivity index (χ3n) is 4.45. The molecule has 2 aromatic rings. The van der Waals surface area contributed by atoms with Crippen LogP contribution in [0.3, 0.4) is 0 Å². The van der Waals surface area contributed by atoms with Gasteiger partial charge in [-0.3, -0.25) is 4.99 Å². The SMILES string of the molecule is CC[C@@H](C)Oc1ccc(C=Nc2ccc(N3CCOCC3)cc2)cc1Br. The Morgan fingerprint density at radius 3 is 2.58 bits per heavy atom. The van der Waals surface area contributed by atoms with E-state index in [1.165, 1.54) is 5.69 Å². The molecule has 1 fully saturated rings. The van der Waals surface area contributed by atoms with Crippen LogP contribution in [0.2, 0.25) is 0 Å². The highest BCUT2D eigenvalue weighted by Crippen LogP contribution is 2.27. The number of benzene rings is 2. The molecule has 1 heterocycles. The molecule has 138 valence electrons. The Kier molecular flexibility index (Phi) is 6.69. The van der Waals surface area contributed by atoms with Crippen molar-refractivity contribution in [3.63, 3.8) is 0 Å². The molecule has 0 spiro atoms. The Bertz CT molecular complexity index is 740. The second kappa shape index (κ2) is 9.19. The molecule has 1 aliphatic rings. The maximum Gasteiger partial charge on any atom is 0.133 e. The highest BCUT2D eigenvalue weighted by Gasteiger charge is 2.10. The standard InChI is InChI=1S/C21H25BrN2O2/c1-3-16(2)26-21-9-4-17(14-20(21)22)15-23-18-5-7-19(8-6-18)24-10-12-25-13-11-24/h4-9,14-16H,3,10-13H2,1-2H3/t16-/m1/s1. The first kappa shape index (κ1) is 18.9. The van der Waals surface area contributed by atoms with Gasteiger partial charge >= 0.3 is 0 Å². The van der Waals surface area contributed by atoms with Gasteiger partial charge in [0.1, 0.15) is 5.75 Å². The molecule has 0 bridgehead atoms. The Hall–Kier alpha value is -1.85. The topological polar surface area (TPSA) is 34.1 Å². The first-order chi connectivity index (χ1) is 12.7. The number of ether oxygens (including phenoxy) is 2. The van der Waals surface area contributed by atoms with Crippen LogP contribution in [-0.2, 0) is 4.74 Å². The van der Waals surface area contributed by atoms with Crippen LogP contribution < -0.4 is 9.64 Å². The van der Waals surface area contributed by atoms with Crippen LogP contribution in [0.4, 0.5) is 11.4 Å². The van der Waals surface area contributed by atoms with E-state index in [2.05, 4.69) is 63.9 Å². The van der Waals surface area contributed by atoms with Crippen molar-refractivity contribution in [3.8, 4) is 5.75 Å². The van der Waals surface area contributed by atoms with E-state index in [-0.39, 0.29) is 6.10 Å². The van der Waals surface area contributed by atoms with Gasteiger partial charge in [-0.05, 0) is 77.3 Å². The molecule has 0 saturated carbocycles. The quantitative estimate of drug-likeness (QED) is 0.605. The molecule has 1 atom stereocenters.